The van der Waals surface area contributed by atoms with Crippen molar-refractivity contribution >= 4 is 22.7 Å². The molecule has 1 aromatic heterocycles. The van der Waals surface area contributed by atoms with E-state index < -0.39 is 6.09 Å². The van der Waals surface area contributed by atoms with Gasteiger partial charge in [0.2, 0.25) is 0 Å². The van der Waals surface area contributed by atoms with Crippen molar-refractivity contribution in [3.05, 3.63) is 77.7 Å². The van der Waals surface area contributed by atoms with Crippen LogP contribution in [0.4, 0.5) is 14.9 Å². The van der Waals surface area contributed by atoms with Crippen LogP contribution in [0.5, 0.6) is 28.7 Å². The van der Waals surface area contributed by atoms with Gasteiger partial charge in [0, 0.05) is 35.8 Å². The minimum atomic E-state index is -0.576. The van der Waals surface area contributed by atoms with Gasteiger partial charge in [0.25, 0.3) is 0 Å². The van der Waals surface area contributed by atoms with Crippen molar-refractivity contribution in [2.45, 2.75) is 20.3 Å². The van der Waals surface area contributed by atoms with Crippen LogP contribution in [0.25, 0.3) is 10.9 Å². The first-order valence-electron chi connectivity index (χ1n) is 12.0. The molecule has 3 aromatic carbocycles. The van der Waals surface area contributed by atoms with Crippen LogP contribution < -0.4 is 24.3 Å². The summed E-state index contributed by atoms with van der Waals surface area (Å²) >= 11 is 0. The van der Waals surface area contributed by atoms with E-state index in [9.17, 15) is 9.18 Å². The molecule has 0 saturated carbocycles. The van der Waals surface area contributed by atoms with E-state index in [2.05, 4.69) is 10.3 Å². The second kappa shape index (κ2) is 12.1. The third kappa shape index (κ3) is 6.42. The van der Waals surface area contributed by atoms with E-state index in [1.807, 2.05) is 32.0 Å². The van der Waals surface area contributed by atoms with Gasteiger partial charge in [0.1, 0.15) is 23.1 Å². The van der Waals surface area contributed by atoms with Crippen LogP contribution in [0.2, 0.25) is 0 Å². The Morgan fingerprint density at radius 3 is 2.45 bits per heavy atom. The van der Waals surface area contributed by atoms with Crippen molar-refractivity contribution in [3.8, 4) is 28.7 Å². The highest BCUT2D eigenvalue weighted by atomic mass is 19.1. The Hall–Kier alpha value is -4.53. The molecule has 9 heteroatoms. The SMILES string of the molecule is COc1cc2nccc(Oc3cc(C)c(NC(=O)OCCCOc4cccc(F)c4)cc3C)c2cc1OC. The number of aromatic nitrogens is 1. The summed E-state index contributed by atoms with van der Waals surface area (Å²) in [5.41, 5.74) is 2.94. The van der Waals surface area contributed by atoms with Crippen LogP contribution in [0.1, 0.15) is 17.5 Å². The van der Waals surface area contributed by atoms with Gasteiger partial charge in [0.15, 0.2) is 11.5 Å². The monoisotopic (exact) mass is 520 g/mol. The molecule has 0 aliphatic carbocycles. The maximum atomic E-state index is 13.2. The summed E-state index contributed by atoms with van der Waals surface area (Å²) in [6, 6.07) is 15.0. The van der Waals surface area contributed by atoms with Gasteiger partial charge in [-0.15, -0.1) is 0 Å². The number of pyridine rings is 1. The predicted molar refractivity (Wildman–Crippen MR) is 142 cm³/mol. The van der Waals surface area contributed by atoms with E-state index in [0.29, 0.717) is 53.0 Å². The number of rotatable bonds is 10. The summed E-state index contributed by atoms with van der Waals surface area (Å²) < 4.78 is 41.0. The zero-order valence-electron chi connectivity index (χ0n) is 21.7. The number of carbonyl (C=O) groups is 1. The number of ether oxygens (including phenoxy) is 5. The first kappa shape index (κ1) is 26.5. The Balaban J connectivity index is 1.37. The first-order chi connectivity index (χ1) is 18.4. The molecule has 0 atom stereocenters. The van der Waals surface area contributed by atoms with E-state index >= 15 is 0 Å². The van der Waals surface area contributed by atoms with Gasteiger partial charge >= 0.3 is 6.09 Å². The Morgan fingerprint density at radius 2 is 1.68 bits per heavy atom. The molecule has 0 aliphatic rings. The maximum Gasteiger partial charge on any atom is 0.411 e. The highest BCUT2D eigenvalue weighted by molar-refractivity contribution is 5.89. The zero-order valence-corrected chi connectivity index (χ0v) is 21.7. The van der Waals surface area contributed by atoms with Gasteiger partial charge in [-0.05, 0) is 61.4 Å². The summed E-state index contributed by atoms with van der Waals surface area (Å²) in [5.74, 6) is 2.47. The fourth-order valence-corrected chi connectivity index (χ4v) is 3.81. The molecule has 0 radical (unpaired) electrons. The van der Waals surface area contributed by atoms with E-state index in [1.54, 1.807) is 44.7 Å². The van der Waals surface area contributed by atoms with Crippen molar-refractivity contribution in [2.75, 3.05) is 32.8 Å². The third-order valence-electron chi connectivity index (χ3n) is 5.77. The lowest BCUT2D eigenvalue weighted by atomic mass is 10.1. The van der Waals surface area contributed by atoms with Gasteiger partial charge in [-0.1, -0.05) is 6.07 Å². The van der Waals surface area contributed by atoms with Crippen LogP contribution in [0.3, 0.4) is 0 Å². The summed E-state index contributed by atoms with van der Waals surface area (Å²) in [4.78, 5) is 16.7. The molecule has 0 aliphatic heterocycles. The zero-order chi connectivity index (χ0) is 27.1. The van der Waals surface area contributed by atoms with Crippen LogP contribution >= 0.6 is 0 Å². The summed E-state index contributed by atoms with van der Waals surface area (Å²) in [6.07, 6.45) is 1.56. The summed E-state index contributed by atoms with van der Waals surface area (Å²) in [7, 11) is 3.15. The molecular weight excluding hydrogens is 491 g/mol. The molecule has 198 valence electrons. The van der Waals surface area contributed by atoms with Gasteiger partial charge in [-0.2, -0.15) is 0 Å². The van der Waals surface area contributed by atoms with Crippen LogP contribution in [0, 0.1) is 19.7 Å². The van der Waals surface area contributed by atoms with Crippen molar-refractivity contribution in [2.24, 2.45) is 0 Å². The predicted octanol–water partition coefficient (Wildman–Crippen LogP) is 6.82. The number of fused-ring (bicyclic) bond motifs is 1. The Bertz CT molecular complexity index is 1440. The number of benzene rings is 3. The standard InChI is InChI=1S/C29H29FN2O6/c1-18-14-26(38-25-9-10-31-24-17-28(35-4)27(34-3)16-22(24)25)19(2)13-23(18)32-29(33)37-12-6-11-36-21-8-5-7-20(30)15-21/h5,7-10,13-17H,6,11-12H2,1-4H3,(H,32,33). The molecule has 0 saturated heterocycles. The molecule has 38 heavy (non-hydrogen) atoms. The second-order valence-corrected chi connectivity index (χ2v) is 8.49. The van der Waals surface area contributed by atoms with Gasteiger partial charge in [0.05, 0.1) is 33.0 Å². The first-order valence-corrected chi connectivity index (χ1v) is 12.0. The number of hydrogen-bond acceptors (Lipinski definition) is 7. The van der Waals surface area contributed by atoms with Gasteiger partial charge in [-0.3, -0.25) is 10.3 Å². The summed E-state index contributed by atoms with van der Waals surface area (Å²) in [6.45, 7) is 4.21. The molecule has 0 spiro atoms. The Kier molecular flexibility index (Phi) is 8.47. The second-order valence-electron chi connectivity index (χ2n) is 8.49. The third-order valence-corrected chi connectivity index (χ3v) is 5.77. The van der Waals surface area contributed by atoms with E-state index in [1.165, 1.54) is 12.1 Å². The number of methoxy groups -OCH3 is 2. The fraction of sp³-hybridized carbons (Fsp3) is 0.241. The largest absolute Gasteiger partial charge is 0.493 e. The highest BCUT2D eigenvalue weighted by Gasteiger charge is 2.14. The molecule has 1 heterocycles. The minimum absolute atomic E-state index is 0.156. The van der Waals surface area contributed by atoms with Crippen molar-refractivity contribution < 1.29 is 32.9 Å². The average Bonchev–Trinajstić information content (AvgIpc) is 2.90. The topological polar surface area (TPSA) is 88.1 Å². The lowest BCUT2D eigenvalue weighted by molar-refractivity contribution is 0.152. The lowest BCUT2D eigenvalue weighted by Crippen LogP contribution is -2.16. The smallest absolute Gasteiger partial charge is 0.411 e. The van der Waals surface area contributed by atoms with E-state index in [4.69, 9.17) is 23.7 Å². The molecular formula is C29H29FN2O6. The Labute approximate surface area is 220 Å². The van der Waals surface area contributed by atoms with Crippen LogP contribution in [0.15, 0.2) is 60.8 Å². The maximum absolute atomic E-state index is 13.2. The fourth-order valence-electron chi connectivity index (χ4n) is 3.81. The van der Waals surface area contributed by atoms with Crippen LogP contribution in [-0.4, -0.2) is 38.5 Å². The molecule has 1 amide bonds. The van der Waals surface area contributed by atoms with Crippen molar-refractivity contribution in [3.63, 3.8) is 0 Å². The Morgan fingerprint density at radius 1 is 0.895 bits per heavy atom. The quantitative estimate of drug-likeness (QED) is 0.230. The minimum Gasteiger partial charge on any atom is -0.493 e. The number of nitrogens with zero attached hydrogens (tertiary/aromatic N) is 1. The van der Waals surface area contributed by atoms with Gasteiger partial charge in [-0.25, -0.2) is 9.18 Å². The number of anilines is 1. The van der Waals surface area contributed by atoms with Crippen molar-refractivity contribution in [1.29, 1.82) is 0 Å². The van der Waals surface area contributed by atoms with Crippen molar-refractivity contribution in [1.82, 2.24) is 4.98 Å². The molecule has 1 N–H and O–H groups in total. The van der Waals surface area contributed by atoms with E-state index in [0.717, 1.165) is 16.5 Å². The highest BCUT2D eigenvalue weighted by Crippen LogP contribution is 2.38. The average molecular weight is 521 g/mol. The molecule has 0 fully saturated rings. The number of hydrogen-bond donors (Lipinski definition) is 1. The lowest BCUT2D eigenvalue weighted by Gasteiger charge is -2.16. The number of aryl methyl sites for hydroxylation is 2. The molecule has 8 nitrogen and oxygen atoms in total. The number of nitrogens with one attached hydrogen (secondary N) is 1. The number of carbonyl (C=O) groups excluding carboxylic acids is 1. The molecule has 4 rings (SSSR count). The van der Waals surface area contributed by atoms with E-state index in [-0.39, 0.29) is 12.4 Å². The molecule has 4 aromatic rings. The number of amides is 1. The van der Waals surface area contributed by atoms with Crippen LogP contribution in [-0.2, 0) is 4.74 Å². The van der Waals surface area contributed by atoms with Gasteiger partial charge < -0.3 is 23.7 Å². The summed E-state index contributed by atoms with van der Waals surface area (Å²) in [5, 5.41) is 3.54. The normalized spacial score (nSPS) is 10.7. The molecule has 0 bridgehead atoms. The molecule has 0 unspecified atom stereocenters. The number of halogens is 1.